The van der Waals surface area contributed by atoms with Crippen LogP contribution in [0.25, 0.3) is 0 Å². The van der Waals surface area contributed by atoms with E-state index in [4.69, 9.17) is 11.6 Å². The van der Waals surface area contributed by atoms with Crippen LogP contribution < -0.4 is 0 Å². The van der Waals surface area contributed by atoms with Crippen molar-refractivity contribution in [1.29, 1.82) is 0 Å². The van der Waals surface area contributed by atoms with E-state index in [1.165, 1.54) is 12.8 Å². The van der Waals surface area contributed by atoms with Gasteiger partial charge in [-0.15, -0.1) is 0 Å². The Labute approximate surface area is 142 Å². The summed E-state index contributed by atoms with van der Waals surface area (Å²) in [5.74, 6) is 0.786. The second-order valence-corrected chi connectivity index (χ2v) is 6.85. The lowest BCUT2D eigenvalue weighted by atomic mass is 10.1. The minimum absolute atomic E-state index is 0.0881. The van der Waals surface area contributed by atoms with Gasteiger partial charge in [0.15, 0.2) is 0 Å². The SMILES string of the molecule is Cc1nn(Cc2cccc(C(=O)N(C)CC3CC3)c2)c(C)c1Cl. The Bertz CT molecular complexity index is 734. The molecule has 0 bridgehead atoms. The van der Waals surface area contributed by atoms with Crippen molar-refractivity contribution in [3.63, 3.8) is 0 Å². The highest BCUT2D eigenvalue weighted by Crippen LogP contribution is 2.29. The lowest BCUT2D eigenvalue weighted by Crippen LogP contribution is -2.28. The maximum Gasteiger partial charge on any atom is 0.253 e. The van der Waals surface area contributed by atoms with Crippen LogP contribution in [0, 0.1) is 19.8 Å². The summed E-state index contributed by atoms with van der Waals surface area (Å²) in [6.45, 7) is 5.34. The molecule has 1 aromatic carbocycles. The smallest absolute Gasteiger partial charge is 0.253 e. The molecule has 0 aliphatic heterocycles. The van der Waals surface area contributed by atoms with Crippen LogP contribution in [0.2, 0.25) is 5.02 Å². The first-order chi connectivity index (χ1) is 11.0. The van der Waals surface area contributed by atoms with Crippen molar-refractivity contribution in [2.24, 2.45) is 5.92 Å². The lowest BCUT2D eigenvalue weighted by Gasteiger charge is -2.17. The molecule has 0 saturated heterocycles. The summed E-state index contributed by atoms with van der Waals surface area (Å²) in [5, 5.41) is 5.16. The van der Waals surface area contributed by atoms with E-state index in [1.807, 2.05) is 54.7 Å². The van der Waals surface area contributed by atoms with Crippen molar-refractivity contribution in [2.75, 3.05) is 13.6 Å². The van der Waals surface area contributed by atoms with Gasteiger partial charge < -0.3 is 4.90 Å². The van der Waals surface area contributed by atoms with Gasteiger partial charge in [-0.2, -0.15) is 5.10 Å². The zero-order valence-electron chi connectivity index (χ0n) is 13.8. The van der Waals surface area contributed by atoms with Gasteiger partial charge in [0.1, 0.15) is 0 Å². The van der Waals surface area contributed by atoms with Crippen molar-refractivity contribution < 1.29 is 4.79 Å². The number of halogens is 1. The van der Waals surface area contributed by atoms with E-state index >= 15 is 0 Å². The molecule has 0 N–H and O–H groups in total. The van der Waals surface area contributed by atoms with Gasteiger partial charge in [0.25, 0.3) is 5.91 Å². The highest BCUT2D eigenvalue weighted by Gasteiger charge is 2.25. The van der Waals surface area contributed by atoms with Crippen LogP contribution in [0.4, 0.5) is 0 Å². The Kier molecular flexibility index (Phi) is 4.44. The van der Waals surface area contributed by atoms with Crippen molar-refractivity contribution in [3.8, 4) is 0 Å². The van der Waals surface area contributed by atoms with Crippen LogP contribution in [-0.4, -0.2) is 34.2 Å². The third-order valence-electron chi connectivity index (χ3n) is 4.38. The molecule has 0 radical (unpaired) electrons. The van der Waals surface area contributed by atoms with Crippen LogP contribution in [0.5, 0.6) is 0 Å². The second-order valence-electron chi connectivity index (χ2n) is 6.47. The number of carbonyl (C=O) groups is 1. The van der Waals surface area contributed by atoms with Gasteiger partial charge in [-0.3, -0.25) is 9.48 Å². The molecule has 1 amide bonds. The first-order valence-corrected chi connectivity index (χ1v) is 8.37. The standard InChI is InChI=1S/C18H22ClN3O/c1-12-17(19)13(2)22(20-12)11-15-5-4-6-16(9-15)18(23)21(3)10-14-7-8-14/h4-6,9,14H,7-8,10-11H2,1-3H3. The maximum absolute atomic E-state index is 12.5. The van der Waals surface area contributed by atoms with Gasteiger partial charge >= 0.3 is 0 Å². The quantitative estimate of drug-likeness (QED) is 0.838. The van der Waals surface area contributed by atoms with Gasteiger partial charge in [0, 0.05) is 19.2 Å². The predicted molar refractivity (Wildman–Crippen MR) is 91.9 cm³/mol. The number of nitrogens with zero attached hydrogens (tertiary/aromatic N) is 3. The molecule has 1 aliphatic carbocycles. The van der Waals surface area contributed by atoms with Gasteiger partial charge in [0.2, 0.25) is 0 Å². The molecule has 1 heterocycles. The number of aromatic nitrogens is 2. The highest BCUT2D eigenvalue weighted by molar-refractivity contribution is 6.31. The van der Waals surface area contributed by atoms with E-state index in [0.717, 1.165) is 29.1 Å². The Morgan fingerprint density at radius 2 is 2.13 bits per heavy atom. The van der Waals surface area contributed by atoms with Crippen molar-refractivity contribution in [2.45, 2.75) is 33.2 Å². The normalized spacial score (nSPS) is 14.1. The van der Waals surface area contributed by atoms with Crippen molar-refractivity contribution in [1.82, 2.24) is 14.7 Å². The lowest BCUT2D eigenvalue weighted by molar-refractivity contribution is 0.0788. The molecule has 1 saturated carbocycles. The summed E-state index contributed by atoms with van der Waals surface area (Å²) in [5.41, 5.74) is 3.57. The fourth-order valence-corrected chi connectivity index (χ4v) is 2.93. The molecule has 3 rings (SSSR count). The summed E-state index contributed by atoms with van der Waals surface area (Å²) in [6, 6.07) is 7.78. The van der Waals surface area contributed by atoms with Crippen LogP contribution in [-0.2, 0) is 6.54 Å². The Balaban J connectivity index is 1.76. The maximum atomic E-state index is 12.5. The summed E-state index contributed by atoms with van der Waals surface area (Å²) in [4.78, 5) is 14.4. The minimum Gasteiger partial charge on any atom is -0.341 e. The number of rotatable bonds is 5. The average molecular weight is 332 g/mol. The summed E-state index contributed by atoms with van der Waals surface area (Å²) in [6.07, 6.45) is 2.49. The third kappa shape index (κ3) is 3.58. The van der Waals surface area contributed by atoms with Crippen LogP contribution in [0.3, 0.4) is 0 Å². The fraction of sp³-hybridized carbons (Fsp3) is 0.444. The van der Waals surface area contributed by atoms with Gasteiger partial charge in [-0.25, -0.2) is 0 Å². The number of benzene rings is 1. The van der Waals surface area contributed by atoms with Gasteiger partial charge in [-0.1, -0.05) is 23.7 Å². The molecule has 0 atom stereocenters. The van der Waals surface area contributed by atoms with E-state index in [2.05, 4.69) is 5.10 Å². The number of aryl methyl sites for hydroxylation is 1. The minimum atomic E-state index is 0.0881. The fourth-order valence-electron chi connectivity index (χ4n) is 2.80. The van der Waals surface area contributed by atoms with E-state index in [0.29, 0.717) is 17.5 Å². The largest absolute Gasteiger partial charge is 0.341 e. The number of hydrogen-bond donors (Lipinski definition) is 0. The third-order valence-corrected chi connectivity index (χ3v) is 4.92. The van der Waals surface area contributed by atoms with E-state index in [1.54, 1.807) is 0 Å². The number of carbonyl (C=O) groups excluding carboxylic acids is 1. The monoisotopic (exact) mass is 331 g/mol. The van der Waals surface area contributed by atoms with E-state index in [9.17, 15) is 4.79 Å². The molecule has 23 heavy (non-hydrogen) atoms. The molecule has 1 aromatic heterocycles. The van der Waals surface area contributed by atoms with Gasteiger partial charge in [0.05, 0.1) is 23.0 Å². The second kappa shape index (κ2) is 6.36. The molecular formula is C18H22ClN3O. The zero-order valence-corrected chi connectivity index (χ0v) is 14.6. The summed E-state index contributed by atoms with van der Waals surface area (Å²) in [7, 11) is 1.88. The molecule has 0 spiro atoms. The summed E-state index contributed by atoms with van der Waals surface area (Å²) < 4.78 is 1.88. The average Bonchev–Trinajstić information content (AvgIpc) is 3.32. The topological polar surface area (TPSA) is 38.1 Å². The molecule has 4 nitrogen and oxygen atoms in total. The van der Waals surface area contributed by atoms with Crippen LogP contribution in [0.1, 0.15) is 40.2 Å². The Hall–Kier alpha value is -1.81. The van der Waals surface area contributed by atoms with E-state index < -0.39 is 0 Å². The molecule has 1 aliphatic rings. The van der Waals surface area contributed by atoms with E-state index in [-0.39, 0.29) is 5.91 Å². The van der Waals surface area contributed by atoms with Crippen molar-refractivity contribution >= 4 is 17.5 Å². The summed E-state index contributed by atoms with van der Waals surface area (Å²) >= 11 is 6.20. The molecule has 2 aromatic rings. The molecule has 122 valence electrons. The molecule has 5 heteroatoms. The molecule has 1 fully saturated rings. The molecule has 0 unspecified atom stereocenters. The molecular weight excluding hydrogens is 310 g/mol. The predicted octanol–water partition coefficient (Wildman–Crippen LogP) is 3.68. The number of hydrogen-bond acceptors (Lipinski definition) is 2. The van der Waals surface area contributed by atoms with Crippen LogP contribution >= 0.6 is 11.6 Å². The Morgan fingerprint density at radius 3 is 2.74 bits per heavy atom. The zero-order chi connectivity index (χ0) is 16.6. The van der Waals surface area contributed by atoms with Crippen molar-refractivity contribution in [3.05, 3.63) is 51.8 Å². The first-order valence-electron chi connectivity index (χ1n) is 7.99. The highest BCUT2D eigenvalue weighted by atomic mass is 35.5. The van der Waals surface area contributed by atoms with Crippen LogP contribution in [0.15, 0.2) is 24.3 Å². The van der Waals surface area contributed by atoms with Gasteiger partial charge in [-0.05, 0) is 50.3 Å². The Morgan fingerprint density at radius 1 is 1.39 bits per heavy atom. The number of amides is 1. The first kappa shape index (κ1) is 16.1.